The molecule has 0 aliphatic rings. The van der Waals surface area contributed by atoms with E-state index in [9.17, 15) is 4.79 Å². The van der Waals surface area contributed by atoms with Gasteiger partial charge in [0, 0.05) is 21.5 Å². The summed E-state index contributed by atoms with van der Waals surface area (Å²) in [6.45, 7) is 4.84. The zero-order valence-electron chi connectivity index (χ0n) is 11.7. The minimum Gasteiger partial charge on any atom is -0.478 e. The van der Waals surface area contributed by atoms with Gasteiger partial charge in [-0.3, -0.25) is 0 Å². The Balaban J connectivity index is 2.14. The molecule has 0 saturated carbocycles. The molecule has 5 heteroatoms. The van der Waals surface area contributed by atoms with Crippen molar-refractivity contribution < 1.29 is 9.90 Å². The highest BCUT2D eigenvalue weighted by Crippen LogP contribution is 2.29. The molecule has 0 radical (unpaired) electrons. The Morgan fingerprint density at radius 1 is 1.29 bits per heavy atom. The molecule has 2 aromatic heterocycles. The van der Waals surface area contributed by atoms with E-state index in [1.165, 1.54) is 4.88 Å². The molecular formula is C16H14ClNO2S. The van der Waals surface area contributed by atoms with Crippen molar-refractivity contribution in [1.29, 1.82) is 0 Å². The first-order chi connectivity index (χ1) is 9.97. The molecule has 108 valence electrons. The van der Waals surface area contributed by atoms with E-state index in [-0.39, 0.29) is 0 Å². The predicted molar refractivity (Wildman–Crippen MR) is 86.8 cm³/mol. The van der Waals surface area contributed by atoms with E-state index in [1.807, 2.05) is 25.1 Å². The van der Waals surface area contributed by atoms with Crippen LogP contribution in [0.15, 0.2) is 30.3 Å². The number of aromatic nitrogens is 1. The molecule has 0 fully saturated rings. The summed E-state index contributed by atoms with van der Waals surface area (Å²) in [7, 11) is 0. The first kappa shape index (κ1) is 14.2. The summed E-state index contributed by atoms with van der Waals surface area (Å²) in [5, 5.41) is 10.1. The summed E-state index contributed by atoms with van der Waals surface area (Å²) in [5.41, 5.74) is 3.65. The molecule has 0 atom stereocenters. The smallest absolute Gasteiger partial charge is 0.335 e. The molecule has 1 N–H and O–H groups in total. The van der Waals surface area contributed by atoms with Crippen molar-refractivity contribution in [2.45, 2.75) is 20.4 Å². The summed E-state index contributed by atoms with van der Waals surface area (Å²) < 4.78 is 2.99. The Labute approximate surface area is 131 Å². The molecule has 3 aromatic rings. The van der Waals surface area contributed by atoms with E-state index in [0.29, 0.717) is 5.56 Å². The Bertz CT molecular complexity index is 847. The summed E-state index contributed by atoms with van der Waals surface area (Å²) in [4.78, 5) is 12.3. The van der Waals surface area contributed by atoms with Crippen molar-refractivity contribution in [1.82, 2.24) is 4.57 Å². The van der Waals surface area contributed by atoms with Crippen molar-refractivity contribution in [3.8, 4) is 0 Å². The molecule has 0 amide bonds. The minimum atomic E-state index is -0.897. The number of aryl methyl sites for hydroxylation is 1. The van der Waals surface area contributed by atoms with Gasteiger partial charge in [-0.2, -0.15) is 0 Å². The van der Waals surface area contributed by atoms with Gasteiger partial charge < -0.3 is 9.67 Å². The van der Waals surface area contributed by atoms with Crippen LogP contribution in [0.3, 0.4) is 0 Å². The number of benzene rings is 1. The van der Waals surface area contributed by atoms with E-state index < -0.39 is 5.97 Å². The number of halogens is 1. The number of hydrogen-bond donors (Lipinski definition) is 1. The zero-order chi connectivity index (χ0) is 15.1. The van der Waals surface area contributed by atoms with Crippen LogP contribution >= 0.6 is 22.9 Å². The Hall–Kier alpha value is -1.78. The molecule has 0 aliphatic heterocycles. The fourth-order valence-electron chi connectivity index (χ4n) is 2.58. The van der Waals surface area contributed by atoms with E-state index in [1.54, 1.807) is 23.5 Å². The van der Waals surface area contributed by atoms with Crippen LogP contribution in [0, 0.1) is 13.8 Å². The maximum Gasteiger partial charge on any atom is 0.335 e. The lowest BCUT2D eigenvalue weighted by Crippen LogP contribution is -2.00. The molecular weight excluding hydrogens is 306 g/mol. The number of nitrogens with zero attached hydrogens (tertiary/aromatic N) is 1. The minimum absolute atomic E-state index is 0.321. The lowest BCUT2D eigenvalue weighted by molar-refractivity contribution is 0.0697. The summed E-state index contributed by atoms with van der Waals surface area (Å²) in [5.74, 6) is -0.897. The molecule has 0 spiro atoms. The highest BCUT2D eigenvalue weighted by Gasteiger charge is 2.14. The Morgan fingerprint density at radius 2 is 2.05 bits per heavy atom. The quantitative estimate of drug-likeness (QED) is 0.759. The van der Waals surface area contributed by atoms with Gasteiger partial charge in [-0.25, -0.2) is 4.79 Å². The maximum absolute atomic E-state index is 11.1. The number of carboxylic acids is 1. The van der Waals surface area contributed by atoms with Crippen molar-refractivity contribution in [2.75, 3.05) is 0 Å². The third-order valence-electron chi connectivity index (χ3n) is 3.83. The number of aromatic carboxylic acids is 1. The van der Waals surface area contributed by atoms with Crippen molar-refractivity contribution in [3.63, 3.8) is 0 Å². The fraction of sp³-hybridized carbons (Fsp3) is 0.188. The highest BCUT2D eigenvalue weighted by atomic mass is 35.5. The predicted octanol–water partition coefficient (Wildman–Crippen LogP) is 4.72. The molecule has 1 aromatic carbocycles. The van der Waals surface area contributed by atoms with Gasteiger partial charge in [0.1, 0.15) is 0 Å². The fourth-order valence-corrected chi connectivity index (χ4v) is 3.66. The molecule has 0 bridgehead atoms. The Morgan fingerprint density at radius 3 is 2.67 bits per heavy atom. The number of carbonyl (C=O) groups is 1. The van der Waals surface area contributed by atoms with Gasteiger partial charge in [-0.05, 0) is 49.7 Å². The second-order valence-electron chi connectivity index (χ2n) is 5.04. The third kappa shape index (κ3) is 2.45. The van der Waals surface area contributed by atoms with Crippen molar-refractivity contribution >= 4 is 39.8 Å². The average Bonchev–Trinajstić information content (AvgIpc) is 2.96. The second kappa shape index (κ2) is 5.20. The van der Waals surface area contributed by atoms with E-state index in [2.05, 4.69) is 11.5 Å². The Kier molecular flexibility index (Phi) is 3.51. The first-order valence-corrected chi connectivity index (χ1v) is 7.74. The van der Waals surface area contributed by atoms with Crippen LogP contribution in [0.2, 0.25) is 4.34 Å². The van der Waals surface area contributed by atoms with Gasteiger partial charge >= 0.3 is 5.97 Å². The SMILES string of the molecule is Cc1c(C)n(Cc2ccc(Cl)s2)c2ccc(C(=O)O)cc12. The third-order valence-corrected chi connectivity index (χ3v) is 5.04. The molecule has 2 heterocycles. The molecule has 21 heavy (non-hydrogen) atoms. The first-order valence-electron chi connectivity index (χ1n) is 6.54. The van der Waals surface area contributed by atoms with Crippen LogP contribution in [0.5, 0.6) is 0 Å². The standard InChI is InChI=1S/C16H14ClNO2S/c1-9-10(2)18(8-12-4-6-15(17)21-12)14-5-3-11(16(19)20)7-13(9)14/h3-7H,8H2,1-2H3,(H,19,20). The highest BCUT2D eigenvalue weighted by molar-refractivity contribution is 7.16. The molecule has 0 saturated heterocycles. The normalized spacial score (nSPS) is 11.2. The van der Waals surface area contributed by atoms with E-state index in [0.717, 1.165) is 33.0 Å². The number of thiophene rings is 1. The summed E-state index contributed by atoms with van der Waals surface area (Å²) in [6.07, 6.45) is 0. The topological polar surface area (TPSA) is 42.2 Å². The molecule has 3 rings (SSSR count). The van der Waals surface area contributed by atoms with Gasteiger partial charge in [0.25, 0.3) is 0 Å². The summed E-state index contributed by atoms with van der Waals surface area (Å²) >= 11 is 7.56. The largest absolute Gasteiger partial charge is 0.478 e. The van der Waals surface area contributed by atoms with Gasteiger partial charge in [-0.1, -0.05) is 11.6 Å². The van der Waals surface area contributed by atoms with Gasteiger partial charge in [-0.15, -0.1) is 11.3 Å². The lowest BCUT2D eigenvalue weighted by Gasteiger charge is -2.07. The molecule has 0 unspecified atom stereocenters. The lowest BCUT2D eigenvalue weighted by atomic mass is 10.1. The molecule has 3 nitrogen and oxygen atoms in total. The second-order valence-corrected chi connectivity index (χ2v) is 6.84. The van der Waals surface area contributed by atoms with E-state index >= 15 is 0 Å². The maximum atomic E-state index is 11.1. The van der Waals surface area contributed by atoms with Crippen LogP contribution in [0.1, 0.15) is 26.5 Å². The molecule has 0 aliphatic carbocycles. The van der Waals surface area contributed by atoms with Crippen LogP contribution in [-0.4, -0.2) is 15.6 Å². The van der Waals surface area contributed by atoms with Crippen LogP contribution < -0.4 is 0 Å². The zero-order valence-corrected chi connectivity index (χ0v) is 13.3. The van der Waals surface area contributed by atoms with Gasteiger partial charge in [0.2, 0.25) is 0 Å². The van der Waals surface area contributed by atoms with Crippen molar-refractivity contribution in [2.24, 2.45) is 0 Å². The van der Waals surface area contributed by atoms with Gasteiger partial charge in [0.15, 0.2) is 0 Å². The van der Waals surface area contributed by atoms with Crippen LogP contribution in [0.4, 0.5) is 0 Å². The monoisotopic (exact) mass is 319 g/mol. The average molecular weight is 320 g/mol. The van der Waals surface area contributed by atoms with Crippen LogP contribution in [-0.2, 0) is 6.54 Å². The number of hydrogen-bond acceptors (Lipinski definition) is 2. The van der Waals surface area contributed by atoms with Crippen LogP contribution in [0.25, 0.3) is 10.9 Å². The number of fused-ring (bicyclic) bond motifs is 1. The van der Waals surface area contributed by atoms with Gasteiger partial charge in [0.05, 0.1) is 16.4 Å². The van der Waals surface area contributed by atoms with E-state index in [4.69, 9.17) is 16.7 Å². The number of carboxylic acid groups (broad SMARTS) is 1. The number of rotatable bonds is 3. The summed E-state index contributed by atoms with van der Waals surface area (Å²) in [6, 6.07) is 9.21. The van der Waals surface area contributed by atoms with Crippen molar-refractivity contribution in [3.05, 3.63) is 56.4 Å².